The maximum Gasteiger partial charge on any atom is 0.295 e. The molecular formula is C14H11N2O8S2-. The zero-order valence-electron chi connectivity index (χ0n) is 12.8. The number of anilines is 1. The molecular weight excluding hydrogens is 388 g/mol. The SMILES string of the molecule is Nc1ccc(/C=C/c2ccc([N+](=O)[O-])cc2S(=O)(=O)[O-])c(S(=O)(=O)O)c1. The van der Waals surface area contributed by atoms with E-state index in [0.717, 1.165) is 30.4 Å². The van der Waals surface area contributed by atoms with Crippen molar-refractivity contribution in [3.05, 3.63) is 57.6 Å². The lowest BCUT2D eigenvalue weighted by atomic mass is 10.1. The van der Waals surface area contributed by atoms with Crippen molar-refractivity contribution in [2.45, 2.75) is 9.79 Å². The van der Waals surface area contributed by atoms with Gasteiger partial charge in [0.2, 0.25) is 0 Å². The van der Waals surface area contributed by atoms with Gasteiger partial charge in [-0.15, -0.1) is 0 Å². The molecule has 2 aromatic carbocycles. The maximum absolute atomic E-state index is 11.4. The largest absolute Gasteiger partial charge is 0.744 e. The lowest BCUT2D eigenvalue weighted by molar-refractivity contribution is -0.385. The van der Waals surface area contributed by atoms with E-state index < -0.39 is 40.6 Å². The Labute approximate surface area is 148 Å². The number of nitro groups is 1. The summed E-state index contributed by atoms with van der Waals surface area (Å²) in [6.07, 6.45) is 2.20. The standard InChI is InChI=1S/C14H12N2O8S2/c15-11-5-3-9(13(7-11)25(19,20)21)1-2-10-4-6-12(16(17)18)8-14(10)26(22,23)24/h1-8H,15H2,(H,19,20,21)(H,22,23,24)/p-1/b2-1+. The summed E-state index contributed by atoms with van der Waals surface area (Å²) in [6.45, 7) is 0. The van der Waals surface area contributed by atoms with Gasteiger partial charge < -0.3 is 10.3 Å². The van der Waals surface area contributed by atoms with E-state index in [1.54, 1.807) is 0 Å². The second-order valence-electron chi connectivity index (χ2n) is 5.04. The zero-order valence-corrected chi connectivity index (χ0v) is 14.4. The van der Waals surface area contributed by atoms with Crippen molar-refractivity contribution in [3.8, 4) is 0 Å². The molecule has 0 radical (unpaired) electrons. The van der Waals surface area contributed by atoms with Gasteiger partial charge in [0.05, 0.1) is 9.82 Å². The molecule has 2 aromatic rings. The molecule has 10 nitrogen and oxygen atoms in total. The van der Waals surface area contributed by atoms with Gasteiger partial charge in [-0.25, -0.2) is 8.42 Å². The smallest absolute Gasteiger partial charge is 0.295 e. The van der Waals surface area contributed by atoms with Crippen LogP contribution in [0.1, 0.15) is 11.1 Å². The van der Waals surface area contributed by atoms with Crippen LogP contribution in [0.3, 0.4) is 0 Å². The summed E-state index contributed by atoms with van der Waals surface area (Å²) in [6, 6.07) is 6.22. The minimum Gasteiger partial charge on any atom is -0.744 e. The normalized spacial score (nSPS) is 12.4. The number of hydrogen-bond donors (Lipinski definition) is 2. The molecule has 12 heteroatoms. The molecule has 0 aliphatic carbocycles. The van der Waals surface area contributed by atoms with Crippen LogP contribution in [-0.4, -0.2) is 30.9 Å². The number of hydrogen-bond acceptors (Lipinski definition) is 8. The highest BCUT2D eigenvalue weighted by Crippen LogP contribution is 2.26. The van der Waals surface area contributed by atoms with Crippen LogP contribution >= 0.6 is 0 Å². The van der Waals surface area contributed by atoms with Crippen LogP contribution in [0.5, 0.6) is 0 Å². The molecule has 26 heavy (non-hydrogen) atoms. The number of nitrogens with two attached hydrogens (primary N) is 1. The lowest BCUT2D eigenvalue weighted by Crippen LogP contribution is -2.03. The summed E-state index contributed by atoms with van der Waals surface area (Å²) < 4.78 is 66.1. The molecule has 0 saturated heterocycles. The van der Waals surface area contributed by atoms with Gasteiger partial charge in [0.1, 0.15) is 15.0 Å². The molecule has 138 valence electrons. The van der Waals surface area contributed by atoms with Crippen LogP contribution in [0.25, 0.3) is 12.2 Å². The first-order valence-electron chi connectivity index (χ1n) is 6.69. The molecule has 0 saturated carbocycles. The van der Waals surface area contributed by atoms with Crippen LogP contribution in [0.4, 0.5) is 11.4 Å². The number of non-ortho nitro benzene ring substituents is 1. The average molecular weight is 399 g/mol. The maximum atomic E-state index is 11.4. The Morgan fingerprint density at radius 3 is 2.00 bits per heavy atom. The van der Waals surface area contributed by atoms with Gasteiger partial charge in [0.15, 0.2) is 0 Å². The fourth-order valence-corrected chi connectivity index (χ4v) is 3.49. The first-order chi connectivity index (χ1) is 11.9. The number of nitrogens with zero attached hydrogens (tertiary/aromatic N) is 1. The van der Waals surface area contributed by atoms with Crippen LogP contribution < -0.4 is 5.73 Å². The minimum atomic E-state index is -5.03. The Balaban J connectivity index is 2.61. The van der Waals surface area contributed by atoms with Crippen LogP contribution in [0.15, 0.2) is 46.2 Å². The van der Waals surface area contributed by atoms with Crippen LogP contribution in [0.2, 0.25) is 0 Å². The number of benzene rings is 2. The van der Waals surface area contributed by atoms with Gasteiger partial charge >= 0.3 is 0 Å². The predicted octanol–water partition coefficient (Wildman–Crippen LogP) is 1.50. The van der Waals surface area contributed by atoms with E-state index >= 15 is 0 Å². The Morgan fingerprint density at radius 2 is 1.50 bits per heavy atom. The zero-order chi connectivity index (χ0) is 19.7. The highest BCUT2D eigenvalue weighted by molar-refractivity contribution is 7.86. The van der Waals surface area contributed by atoms with Gasteiger partial charge in [0, 0.05) is 17.8 Å². The van der Waals surface area contributed by atoms with E-state index in [-0.39, 0.29) is 16.8 Å². The molecule has 0 bridgehead atoms. The number of nitro benzene ring substituents is 1. The van der Waals surface area contributed by atoms with E-state index in [1.807, 2.05) is 0 Å². The first kappa shape index (κ1) is 19.5. The summed E-state index contributed by atoms with van der Waals surface area (Å²) in [4.78, 5) is 8.51. The topological polar surface area (TPSA) is 181 Å². The Kier molecular flexibility index (Phi) is 5.13. The van der Waals surface area contributed by atoms with Crippen molar-refractivity contribution in [2.75, 3.05) is 5.73 Å². The summed E-state index contributed by atoms with van der Waals surface area (Å²) in [7, 11) is -9.65. The van der Waals surface area contributed by atoms with Crippen molar-refractivity contribution in [1.82, 2.24) is 0 Å². The van der Waals surface area contributed by atoms with E-state index in [0.29, 0.717) is 6.07 Å². The Morgan fingerprint density at radius 1 is 0.962 bits per heavy atom. The lowest BCUT2D eigenvalue weighted by Gasteiger charge is -2.10. The molecule has 0 amide bonds. The monoisotopic (exact) mass is 399 g/mol. The highest BCUT2D eigenvalue weighted by Gasteiger charge is 2.16. The number of rotatable bonds is 5. The third-order valence-corrected chi connectivity index (χ3v) is 5.04. The van der Waals surface area contributed by atoms with Crippen LogP contribution in [-0.2, 0) is 20.2 Å². The molecule has 0 aliphatic heterocycles. The van der Waals surface area contributed by atoms with Gasteiger partial charge in [-0.1, -0.05) is 18.2 Å². The fourth-order valence-electron chi connectivity index (χ4n) is 2.08. The first-order valence-corrected chi connectivity index (χ1v) is 9.54. The second-order valence-corrected chi connectivity index (χ2v) is 7.78. The van der Waals surface area contributed by atoms with Gasteiger partial charge in [0.25, 0.3) is 15.8 Å². The van der Waals surface area contributed by atoms with Crippen molar-refractivity contribution in [3.63, 3.8) is 0 Å². The van der Waals surface area contributed by atoms with E-state index in [2.05, 4.69) is 0 Å². The summed E-state index contributed by atoms with van der Waals surface area (Å²) in [5, 5.41) is 10.7. The molecule has 0 aromatic heterocycles. The van der Waals surface area contributed by atoms with E-state index in [4.69, 9.17) is 5.73 Å². The molecule has 0 heterocycles. The molecule has 0 unspecified atom stereocenters. The average Bonchev–Trinajstić information content (AvgIpc) is 2.51. The van der Waals surface area contributed by atoms with Crippen molar-refractivity contribution < 1.29 is 30.9 Å². The summed E-state index contributed by atoms with van der Waals surface area (Å²) >= 11 is 0. The van der Waals surface area contributed by atoms with Crippen LogP contribution in [0, 0.1) is 10.1 Å². The molecule has 2 rings (SSSR count). The van der Waals surface area contributed by atoms with Crippen molar-refractivity contribution in [2.24, 2.45) is 0 Å². The molecule has 0 fully saturated rings. The fraction of sp³-hybridized carbons (Fsp3) is 0. The van der Waals surface area contributed by atoms with E-state index in [1.165, 1.54) is 12.1 Å². The van der Waals surface area contributed by atoms with Crippen molar-refractivity contribution >= 4 is 43.8 Å². The number of nitrogen functional groups attached to an aromatic ring is 1. The van der Waals surface area contributed by atoms with Gasteiger partial charge in [-0.3, -0.25) is 14.7 Å². The summed E-state index contributed by atoms with van der Waals surface area (Å²) in [5.41, 5.74) is 4.72. The Bertz CT molecular complexity index is 1120. The molecule has 0 spiro atoms. The van der Waals surface area contributed by atoms with Gasteiger partial charge in [-0.05, 0) is 29.3 Å². The highest BCUT2D eigenvalue weighted by atomic mass is 32.2. The molecule has 3 N–H and O–H groups in total. The van der Waals surface area contributed by atoms with E-state index in [9.17, 15) is 36.1 Å². The third kappa shape index (κ3) is 4.43. The predicted molar refractivity (Wildman–Crippen MR) is 90.7 cm³/mol. The second kappa shape index (κ2) is 6.84. The van der Waals surface area contributed by atoms with Crippen molar-refractivity contribution in [1.29, 1.82) is 0 Å². The quantitative estimate of drug-likeness (QED) is 0.247. The molecule has 0 atom stereocenters. The molecule has 0 aliphatic rings. The minimum absolute atomic E-state index is 0.0331. The third-order valence-electron chi connectivity index (χ3n) is 3.24. The Hall–Kier alpha value is -2.80. The van der Waals surface area contributed by atoms with Gasteiger partial charge in [-0.2, -0.15) is 8.42 Å². The summed E-state index contributed by atoms with van der Waals surface area (Å²) in [5.74, 6) is 0.